The van der Waals surface area contributed by atoms with E-state index in [1.807, 2.05) is 0 Å². The number of fused-ring (bicyclic) bond motifs is 7. The van der Waals surface area contributed by atoms with Gasteiger partial charge in [0.1, 0.15) is 6.29 Å². The first kappa shape index (κ1) is 28.4. The van der Waals surface area contributed by atoms with Crippen LogP contribution in [0.5, 0.6) is 0 Å². The number of hydrogen-bond acceptors (Lipinski definition) is 3. The summed E-state index contributed by atoms with van der Waals surface area (Å²) >= 11 is 0. The smallest absolute Gasteiger partial charge is 0.309 e. The third-order valence-electron chi connectivity index (χ3n) is 14.2. The number of carbonyl (C=O) groups is 2. The van der Waals surface area contributed by atoms with Crippen LogP contribution in [0.25, 0.3) is 0 Å². The van der Waals surface area contributed by atoms with Crippen LogP contribution in [0.4, 0.5) is 0 Å². The van der Waals surface area contributed by atoms with E-state index in [-0.39, 0.29) is 33.7 Å². The Labute approximate surface area is 231 Å². The highest BCUT2D eigenvalue weighted by molar-refractivity contribution is 5.76. The van der Waals surface area contributed by atoms with Crippen molar-refractivity contribution in [3.63, 3.8) is 0 Å². The first-order valence-corrected chi connectivity index (χ1v) is 15.7. The molecule has 1 N–H and O–H groups in total. The molecule has 0 saturated heterocycles. The second-order valence-corrected chi connectivity index (χ2v) is 15.7. The number of rotatable bonds is 7. The fraction of sp³-hybridized carbons (Fsp3) is 0.882. The van der Waals surface area contributed by atoms with Gasteiger partial charge < -0.3 is 14.6 Å². The highest BCUT2D eigenvalue weighted by atomic mass is 16.5. The third-order valence-corrected chi connectivity index (χ3v) is 14.2. The zero-order valence-corrected chi connectivity index (χ0v) is 25.1. The molecule has 4 nitrogen and oxygen atoms in total. The van der Waals surface area contributed by atoms with Gasteiger partial charge in [0.2, 0.25) is 0 Å². The van der Waals surface area contributed by atoms with E-state index in [1.54, 1.807) is 0 Å². The van der Waals surface area contributed by atoms with Gasteiger partial charge in [-0.1, -0.05) is 46.8 Å². The fourth-order valence-electron chi connectivity index (χ4n) is 12.2. The molecule has 0 spiro atoms. The molecule has 214 valence electrons. The minimum absolute atomic E-state index is 0.120. The molecule has 0 unspecified atom stereocenters. The van der Waals surface area contributed by atoms with E-state index in [2.05, 4.69) is 48.1 Å². The molecule has 5 saturated carbocycles. The molecule has 5 aliphatic carbocycles. The number of carboxylic acid groups (broad SMARTS) is 1. The van der Waals surface area contributed by atoms with Crippen molar-refractivity contribution in [3.05, 3.63) is 12.2 Å². The molecule has 5 fully saturated rings. The Hall–Kier alpha value is -1.16. The number of carboxylic acids is 1. The minimum atomic E-state index is -0.542. The number of hydrogen-bond donors (Lipinski definition) is 1. The molecule has 0 radical (unpaired) electrons. The van der Waals surface area contributed by atoms with Gasteiger partial charge in [-0.2, -0.15) is 0 Å². The molecule has 0 bridgehead atoms. The third kappa shape index (κ3) is 3.70. The van der Waals surface area contributed by atoms with Gasteiger partial charge in [0.05, 0.1) is 11.5 Å². The van der Waals surface area contributed by atoms with Crippen LogP contribution in [0.1, 0.15) is 119 Å². The van der Waals surface area contributed by atoms with Gasteiger partial charge in [-0.15, -0.1) is 0 Å². The lowest BCUT2D eigenvalue weighted by Gasteiger charge is -2.72. The average Bonchev–Trinajstić information content (AvgIpc) is 3.25. The average molecular weight is 527 g/mol. The molecule has 5 rings (SSSR count). The highest BCUT2D eigenvalue weighted by Crippen LogP contribution is 2.77. The summed E-state index contributed by atoms with van der Waals surface area (Å²) in [7, 11) is 0. The van der Waals surface area contributed by atoms with E-state index in [9.17, 15) is 14.7 Å². The molecular formula is C34H54O4. The van der Waals surface area contributed by atoms with Crippen LogP contribution in [0.15, 0.2) is 12.2 Å². The molecule has 38 heavy (non-hydrogen) atoms. The normalized spacial score (nSPS) is 49.2. The van der Waals surface area contributed by atoms with Crippen LogP contribution >= 0.6 is 0 Å². The summed E-state index contributed by atoms with van der Waals surface area (Å²) in [6.07, 6.45) is 13.6. The summed E-state index contributed by atoms with van der Waals surface area (Å²) in [4.78, 5) is 23.6. The van der Waals surface area contributed by atoms with Gasteiger partial charge in [-0.3, -0.25) is 4.79 Å². The summed E-state index contributed by atoms with van der Waals surface area (Å²) < 4.78 is 6.45. The summed E-state index contributed by atoms with van der Waals surface area (Å²) in [5.74, 6) is 1.84. The van der Waals surface area contributed by atoms with Crippen molar-refractivity contribution in [1.29, 1.82) is 0 Å². The molecule has 0 heterocycles. The lowest BCUT2D eigenvalue weighted by Crippen LogP contribution is -2.67. The standard InChI is InChI=1S/C34H54O4/c1-22(2)23-12-17-34(29(36)37)19-18-32(6)24(28(23)34)10-11-26-31(5)15-14-27(38-21-9-8-20-35)30(3,4)25(31)13-16-33(26,32)7/h20,23-28H,1,8-19,21H2,2-7H3,(H,36,37)/t23-,24+,25-,26+,27-,28+,31-,32+,33+,34-/m0/s1. The number of allylic oxidation sites excluding steroid dienone is 1. The zero-order valence-electron chi connectivity index (χ0n) is 25.1. The first-order valence-electron chi connectivity index (χ1n) is 15.7. The summed E-state index contributed by atoms with van der Waals surface area (Å²) in [6.45, 7) is 19.9. The van der Waals surface area contributed by atoms with Crippen molar-refractivity contribution < 1.29 is 19.4 Å². The second-order valence-electron chi connectivity index (χ2n) is 15.7. The molecule has 0 aromatic carbocycles. The van der Waals surface area contributed by atoms with Gasteiger partial charge in [0, 0.05) is 13.0 Å². The quantitative estimate of drug-likeness (QED) is 0.207. The molecule has 5 aliphatic rings. The number of aldehydes is 1. The van der Waals surface area contributed by atoms with E-state index >= 15 is 0 Å². The van der Waals surface area contributed by atoms with Crippen molar-refractivity contribution in [1.82, 2.24) is 0 Å². The van der Waals surface area contributed by atoms with E-state index in [4.69, 9.17) is 4.74 Å². The summed E-state index contributed by atoms with van der Waals surface area (Å²) in [5, 5.41) is 10.6. The van der Waals surface area contributed by atoms with Crippen LogP contribution in [0.2, 0.25) is 0 Å². The molecule has 0 aliphatic heterocycles. The van der Waals surface area contributed by atoms with Gasteiger partial charge in [-0.05, 0) is 129 Å². The van der Waals surface area contributed by atoms with Crippen molar-refractivity contribution in [2.45, 2.75) is 125 Å². The largest absolute Gasteiger partial charge is 0.481 e. The van der Waals surface area contributed by atoms with Crippen LogP contribution in [-0.4, -0.2) is 30.1 Å². The van der Waals surface area contributed by atoms with Crippen molar-refractivity contribution >= 4 is 12.3 Å². The van der Waals surface area contributed by atoms with Crippen LogP contribution in [0, 0.1) is 56.7 Å². The zero-order chi connectivity index (χ0) is 27.7. The van der Waals surface area contributed by atoms with Crippen molar-refractivity contribution in [2.75, 3.05) is 6.61 Å². The lowest BCUT2D eigenvalue weighted by atomic mass is 9.32. The van der Waals surface area contributed by atoms with E-state index in [0.29, 0.717) is 36.7 Å². The highest BCUT2D eigenvalue weighted by Gasteiger charge is 2.72. The first-order chi connectivity index (χ1) is 17.8. The predicted octanol–water partition coefficient (Wildman–Crippen LogP) is 8.09. The van der Waals surface area contributed by atoms with Gasteiger partial charge in [0.25, 0.3) is 0 Å². The SMILES string of the molecule is C=C(C)[C@@H]1CC[C@]2(C(=O)O)CC[C@]3(C)[C@H](CC[C@@H]4[C@@]5(C)CC[C@H](OCCCC=O)C(C)(C)[C@@H]5CC[C@]43C)[C@@H]12. The molecular weight excluding hydrogens is 472 g/mol. The minimum Gasteiger partial charge on any atom is -0.481 e. The Kier molecular flexibility index (Phi) is 7.06. The van der Waals surface area contributed by atoms with E-state index < -0.39 is 11.4 Å². The Bertz CT molecular complexity index is 970. The Balaban J connectivity index is 1.45. The Morgan fingerprint density at radius 3 is 2.32 bits per heavy atom. The Morgan fingerprint density at radius 2 is 1.66 bits per heavy atom. The van der Waals surface area contributed by atoms with Gasteiger partial charge in [0.15, 0.2) is 0 Å². The maximum Gasteiger partial charge on any atom is 0.309 e. The molecule has 0 aromatic rings. The van der Waals surface area contributed by atoms with Gasteiger partial charge in [-0.25, -0.2) is 0 Å². The number of carbonyl (C=O) groups excluding carboxylic acids is 1. The fourth-order valence-corrected chi connectivity index (χ4v) is 12.2. The molecule has 0 aromatic heterocycles. The van der Waals surface area contributed by atoms with Gasteiger partial charge >= 0.3 is 5.97 Å². The molecule has 10 atom stereocenters. The number of unbranched alkanes of at least 4 members (excludes halogenated alkanes) is 1. The van der Waals surface area contributed by atoms with Crippen LogP contribution < -0.4 is 0 Å². The Morgan fingerprint density at radius 1 is 0.921 bits per heavy atom. The van der Waals surface area contributed by atoms with E-state index in [0.717, 1.165) is 44.8 Å². The predicted molar refractivity (Wildman–Crippen MR) is 152 cm³/mol. The maximum atomic E-state index is 12.9. The van der Waals surface area contributed by atoms with Crippen molar-refractivity contribution in [3.8, 4) is 0 Å². The lowest BCUT2D eigenvalue weighted by molar-refractivity contribution is -0.251. The molecule has 4 heteroatoms. The maximum absolute atomic E-state index is 12.9. The van der Waals surface area contributed by atoms with Crippen LogP contribution in [-0.2, 0) is 14.3 Å². The topological polar surface area (TPSA) is 63.6 Å². The second kappa shape index (κ2) is 9.45. The monoisotopic (exact) mass is 526 g/mol. The summed E-state index contributed by atoms with van der Waals surface area (Å²) in [6, 6.07) is 0. The van der Waals surface area contributed by atoms with Crippen molar-refractivity contribution in [2.24, 2.45) is 56.7 Å². The van der Waals surface area contributed by atoms with E-state index in [1.165, 1.54) is 37.7 Å². The van der Waals surface area contributed by atoms with Crippen LogP contribution in [0.3, 0.4) is 0 Å². The molecule has 0 amide bonds. The summed E-state index contributed by atoms with van der Waals surface area (Å²) in [5.41, 5.74) is 1.49. The number of ether oxygens (including phenoxy) is 1. The number of aliphatic carboxylic acids is 1.